The molecule has 0 unspecified atom stereocenters. The molecule has 2 aliphatic heterocycles. The van der Waals surface area contributed by atoms with Crippen LogP contribution in [-0.2, 0) is 9.53 Å². The smallest absolute Gasteiger partial charge is 0.317 e. The fourth-order valence-corrected chi connectivity index (χ4v) is 3.17. The third-order valence-corrected chi connectivity index (χ3v) is 4.59. The first kappa shape index (κ1) is 18.2. The minimum absolute atomic E-state index is 0.152. The summed E-state index contributed by atoms with van der Waals surface area (Å²) in [7, 11) is 1.72. The first-order chi connectivity index (χ1) is 13.4. The van der Waals surface area contributed by atoms with E-state index in [0.717, 1.165) is 5.69 Å². The van der Waals surface area contributed by atoms with Crippen molar-refractivity contribution in [3.63, 3.8) is 0 Å². The van der Waals surface area contributed by atoms with E-state index in [4.69, 9.17) is 9.47 Å². The summed E-state index contributed by atoms with van der Waals surface area (Å²) >= 11 is 0. The van der Waals surface area contributed by atoms with Crippen LogP contribution in [0.1, 0.15) is 34.4 Å². The third kappa shape index (κ3) is 3.36. The Morgan fingerprint density at radius 3 is 2.96 bits per heavy atom. The first-order valence-electron chi connectivity index (χ1n) is 9.02. The molecular weight excluding hydrogens is 362 g/mol. The summed E-state index contributed by atoms with van der Waals surface area (Å²) in [6.07, 6.45) is 2.88. The fourth-order valence-electron chi connectivity index (χ4n) is 3.17. The number of fused-ring (bicyclic) bond motifs is 2. The molecule has 0 fully saturated rings. The van der Waals surface area contributed by atoms with Crippen LogP contribution >= 0.6 is 0 Å². The Morgan fingerprint density at radius 1 is 1.32 bits per heavy atom. The molecule has 2 aromatic heterocycles. The minimum Gasteiger partial charge on any atom is -0.458 e. The number of carbonyl (C=O) groups is 2. The Hall–Kier alpha value is -3.20. The number of ether oxygens (including phenoxy) is 2. The molecule has 0 aliphatic carbocycles. The number of anilines is 1. The molecule has 28 heavy (non-hydrogen) atoms. The zero-order valence-electron chi connectivity index (χ0n) is 15.9. The second-order valence-corrected chi connectivity index (χ2v) is 6.94. The molecule has 4 rings (SSSR count). The van der Waals surface area contributed by atoms with E-state index in [9.17, 15) is 9.59 Å². The maximum atomic E-state index is 12.9. The van der Waals surface area contributed by atoms with Gasteiger partial charge in [0.15, 0.2) is 0 Å². The van der Waals surface area contributed by atoms with Crippen molar-refractivity contribution in [3.8, 4) is 6.01 Å². The standard InChI is InChI=1S/C19H21N5O4/c1-10-6-12-14(21-10)7-13-16-15(22-17(13)25)8-20-19(23-16)28-11(2)9-27-5-4-24(3)18(12)26/h6-8,11,21H,4-5,9H2,1-3H3,(H,22,25)/b13-7-/t11-/m0/s1. The second kappa shape index (κ2) is 7.08. The maximum Gasteiger partial charge on any atom is 0.317 e. The average molecular weight is 383 g/mol. The van der Waals surface area contributed by atoms with Gasteiger partial charge in [0.2, 0.25) is 0 Å². The molecule has 0 spiro atoms. The van der Waals surface area contributed by atoms with E-state index in [1.165, 1.54) is 6.20 Å². The summed E-state index contributed by atoms with van der Waals surface area (Å²) in [6, 6.07) is 1.94. The maximum absolute atomic E-state index is 12.9. The van der Waals surface area contributed by atoms with Crippen LogP contribution in [0.2, 0.25) is 0 Å². The summed E-state index contributed by atoms with van der Waals surface area (Å²) < 4.78 is 11.3. The van der Waals surface area contributed by atoms with Gasteiger partial charge in [-0.1, -0.05) is 0 Å². The Labute approximate surface area is 161 Å². The van der Waals surface area contributed by atoms with Crippen molar-refractivity contribution in [1.29, 1.82) is 0 Å². The number of amides is 2. The molecule has 2 aromatic rings. The molecule has 2 bridgehead atoms. The lowest BCUT2D eigenvalue weighted by Gasteiger charge is -2.18. The van der Waals surface area contributed by atoms with Crippen LogP contribution in [0.3, 0.4) is 0 Å². The molecule has 0 radical (unpaired) electrons. The van der Waals surface area contributed by atoms with Gasteiger partial charge in [-0.25, -0.2) is 4.98 Å². The van der Waals surface area contributed by atoms with Gasteiger partial charge in [0, 0.05) is 19.3 Å². The molecule has 0 aromatic carbocycles. The van der Waals surface area contributed by atoms with Crippen LogP contribution < -0.4 is 10.1 Å². The molecule has 9 nitrogen and oxygen atoms in total. The fraction of sp³-hybridized carbons (Fsp3) is 0.368. The number of aromatic amines is 1. The van der Waals surface area contributed by atoms with Gasteiger partial charge in [-0.15, -0.1) is 0 Å². The molecule has 9 heteroatoms. The number of rotatable bonds is 0. The second-order valence-electron chi connectivity index (χ2n) is 6.94. The average Bonchev–Trinajstić information content (AvgIpc) is 3.17. The third-order valence-electron chi connectivity index (χ3n) is 4.59. The number of nitrogens with one attached hydrogen (secondary N) is 2. The van der Waals surface area contributed by atoms with Crippen molar-refractivity contribution >= 4 is 29.2 Å². The highest BCUT2D eigenvalue weighted by Gasteiger charge is 2.29. The number of nitrogens with zero attached hydrogens (tertiary/aromatic N) is 3. The molecular formula is C19H21N5O4. The van der Waals surface area contributed by atoms with Crippen molar-refractivity contribution in [2.24, 2.45) is 0 Å². The summed E-state index contributed by atoms with van der Waals surface area (Å²) in [4.78, 5) is 38.7. The van der Waals surface area contributed by atoms with E-state index in [1.54, 1.807) is 24.1 Å². The highest BCUT2D eigenvalue weighted by molar-refractivity contribution is 6.34. The monoisotopic (exact) mass is 383 g/mol. The van der Waals surface area contributed by atoms with Gasteiger partial charge in [0.25, 0.3) is 11.8 Å². The van der Waals surface area contributed by atoms with Crippen molar-refractivity contribution in [2.45, 2.75) is 20.0 Å². The number of H-pyrrole nitrogens is 1. The highest BCUT2D eigenvalue weighted by atomic mass is 16.5. The van der Waals surface area contributed by atoms with Crippen molar-refractivity contribution in [1.82, 2.24) is 19.9 Å². The number of hydrogen-bond acceptors (Lipinski definition) is 6. The van der Waals surface area contributed by atoms with E-state index < -0.39 is 0 Å². The molecule has 2 aliphatic rings. The summed E-state index contributed by atoms with van der Waals surface area (Å²) in [6.45, 7) is 4.84. The molecule has 0 saturated heterocycles. The van der Waals surface area contributed by atoms with Crippen LogP contribution in [0.5, 0.6) is 6.01 Å². The number of hydrogen-bond donors (Lipinski definition) is 2. The van der Waals surface area contributed by atoms with Gasteiger partial charge in [0.1, 0.15) is 11.8 Å². The summed E-state index contributed by atoms with van der Waals surface area (Å²) in [5.41, 5.74) is 3.15. The summed E-state index contributed by atoms with van der Waals surface area (Å²) in [5.74, 6) is -0.456. The lowest BCUT2D eigenvalue weighted by atomic mass is 10.1. The van der Waals surface area contributed by atoms with Crippen molar-refractivity contribution in [3.05, 3.63) is 34.9 Å². The number of likely N-dealkylation sites (N-methyl/N-ethyl adjacent to an activating group) is 1. The van der Waals surface area contributed by atoms with Gasteiger partial charge < -0.3 is 24.7 Å². The number of aryl methyl sites for hydroxylation is 1. The van der Waals surface area contributed by atoms with Gasteiger partial charge in [-0.05, 0) is 26.0 Å². The Balaban J connectivity index is 1.83. The largest absolute Gasteiger partial charge is 0.458 e. The molecule has 1 atom stereocenters. The van der Waals surface area contributed by atoms with Crippen LogP contribution in [0.15, 0.2) is 12.3 Å². The lowest BCUT2D eigenvalue weighted by Crippen LogP contribution is -2.31. The summed E-state index contributed by atoms with van der Waals surface area (Å²) in [5, 5.41) is 2.74. The van der Waals surface area contributed by atoms with Crippen LogP contribution in [-0.4, -0.2) is 64.6 Å². The Kier molecular flexibility index (Phi) is 4.60. The van der Waals surface area contributed by atoms with Gasteiger partial charge in [-0.3, -0.25) is 9.59 Å². The number of carbonyl (C=O) groups excluding carboxylic acids is 2. The van der Waals surface area contributed by atoms with Crippen LogP contribution in [0.4, 0.5) is 5.69 Å². The van der Waals surface area contributed by atoms with Gasteiger partial charge >= 0.3 is 6.01 Å². The predicted octanol–water partition coefficient (Wildman–Crippen LogP) is 1.48. The van der Waals surface area contributed by atoms with E-state index in [1.807, 2.05) is 13.8 Å². The minimum atomic E-state index is -0.304. The van der Waals surface area contributed by atoms with E-state index in [2.05, 4.69) is 20.3 Å². The molecule has 0 saturated carbocycles. The Bertz CT molecular complexity index is 981. The predicted molar refractivity (Wildman–Crippen MR) is 102 cm³/mol. The quantitative estimate of drug-likeness (QED) is 0.713. The SMILES string of the molecule is Cc1cc2c([nH]1)/C=C1\C(=O)Nc3cnc(nc31)O[C@@H](C)COCCN(C)C2=O. The molecule has 2 N–H and O–H groups in total. The van der Waals surface area contributed by atoms with Gasteiger partial charge in [-0.2, -0.15) is 4.98 Å². The first-order valence-corrected chi connectivity index (χ1v) is 9.02. The van der Waals surface area contributed by atoms with E-state index >= 15 is 0 Å². The zero-order valence-corrected chi connectivity index (χ0v) is 15.9. The molecule has 4 heterocycles. The van der Waals surface area contributed by atoms with Crippen LogP contribution in [0.25, 0.3) is 11.6 Å². The van der Waals surface area contributed by atoms with Gasteiger partial charge in [0.05, 0.1) is 41.9 Å². The lowest BCUT2D eigenvalue weighted by molar-refractivity contribution is -0.110. The number of aromatic nitrogens is 3. The van der Waals surface area contributed by atoms with E-state index in [0.29, 0.717) is 48.0 Å². The molecule has 146 valence electrons. The topological polar surface area (TPSA) is 109 Å². The van der Waals surface area contributed by atoms with Crippen LogP contribution in [0, 0.1) is 6.92 Å². The van der Waals surface area contributed by atoms with Crippen molar-refractivity contribution in [2.75, 3.05) is 32.1 Å². The zero-order chi connectivity index (χ0) is 19.8. The normalized spacial score (nSPS) is 21.8. The molecule has 2 amide bonds. The highest BCUT2D eigenvalue weighted by Crippen LogP contribution is 2.32. The Morgan fingerprint density at radius 2 is 2.14 bits per heavy atom. The van der Waals surface area contributed by atoms with E-state index in [-0.39, 0.29) is 23.9 Å². The van der Waals surface area contributed by atoms with Crippen molar-refractivity contribution < 1.29 is 19.1 Å².